The molecular weight excluding hydrogens is 274 g/mol. The number of piperidine rings is 1. The average Bonchev–Trinajstić information content (AvgIpc) is 2.49. The summed E-state index contributed by atoms with van der Waals surface area (Å²) in [4.78, 5) is 13.9. The molecule has 0 radical (unpaired) electrons. The number of nitrogens with zero attached hydrogens (tertiary/aromatic N) is 2. The van der Waals surface area contributed by atoms with E-state index in [-0.39, 0.29) is 11.8 Å². The van der Waals surface area contributed by atoms with E-state index in [0.29, 0.717) is 10.6 Å². The van der Waals surface area contributed by atoms with Gasteiger partial charge in [0.25, 0.3) is 0 Å². The number of nitrogens with one attached hydrogen (secondary N) is 1. The molecule has 20 heavy (non-hydrogen) atoms. The third-order valence-electron chi connectivity index (χ3n) is 3.78. The van der Waals surface area contributed by atoms with E-state index in [4.69, 9.17) is 16.9 Å². The van der Waals surface area contributed by atoms with Crippen molar-refractivity contribution in [1.82, 2.24) is 10.2 Å². The van der Waals surface area contributed by atoms with Crippen molar-refractivity contribution in [3.05, 3.63) is 34.3 Å². The van der Waals surface area contributed by atoms with Gasteiger partial charge < -0.3 is 5.32 Å². The molecule has 0 aliphatic carbocycles. The van der Waals surface area contributed by atoms with E-state index in [0.717, 1.165) is 38.0 Å². The minimum Gasteiger partial charge on any atom is -0.359 e. The molecule has 0 unspecified atom stereocenters. The van der Waals surface area contributed by atoms with Gasteiger partial charge in [0.1, 0.15) is 0 Å². The second kappa shape index (κ2) is 6.74. The first-order valence-corrected chi connectivity index (χ1v) is 7.14. The first kappa shape index (κ1) is 14.8. The Morgan fingerprint density at radius 3 is 2.75 bits per heavy atom. The molecule has 1 aromatic carbocycles. The van der Waals surface area contributed by atoms with Crippen LogP contribution in [0.1, 0.15) is 24.0 Å². The smallest absolute Gasteiger partial charge is 0.222 e. The number of likely N-dealkylation sites (tertiary alicyclic amines) is 1. The molecule has 0 atom stereocenters. The molecule has 1 aliphatic heterocycles. The van der Waals surface area contributed by atoms with Crippen molar-refractivity contribution in [2.24, 2.45) is 5.92 Å². The Kier molecular flexibility index (Phi) is 4.99. The van der Waals surface area contributed by atoms with Crippen LogP contribution < -0.4 is 5.32 Å². The van der Waals surface area contributed by atoms with E-state index < -0.39 is 0 Å². The van der Waals surface area contributed by atoms with Crippen molar-refractivity contribution in [1.29, 1.82) is 5.26 Å². The Labute approximate surface area is 124 Å². The van der Waals surface area contributed by atoms with E-state index in [1.807, 2.05) is 6.07 Å². The summed E-state index contributed by atoms with van der Waals surface area (Å²) in [5.74, 6) is 0.272. The fourth-order valence-electron chi connectivity index (χ4n) is 2.54. The molecule has 1 fully saturated rings. The molecule has 106 valence electrons. The molecule has 1 aliphatic rings. The molecule has 0 bridgehead atoms. The normalized spacial score (nSPS) is 16.6. The number of rotatable bonds is 3. The van der Waals surface area contributed by atoms with Gasteiger partial charge in [0.15, 0.2) is 0 Å². The molecule has 2 rings (SSSR count). The van der Waals surface area contributed by atoms with Gasteiger partial charge in [-0.2, -0.15) is 5.26 Å². The first-order valence-electron chi connectivity index (χ1n) is 6.76. The van der Waals surface area contributed by atoms with Gasteiger partial charge in [-0.15, -0.1) is 0 Å². The zero-order valence-corrected chi connectivity index (χ0v) is 12.3. The molecular formula is C15H18ClN3O. The lowest BCUT2D eigenvalue weighted by molar-refractivity contribution is -0.125. The summed E-state index contributed by atoms with van der Waals surface area (Å²) in [6.45, 7) is 2.56. The Bertz CT molecular complexity index is 530. The van der Waals surface area contributed by atoms with Crippen LogP contribution in [0.15, 0.2) is 18.2 Å². The molecule has 1 heterocycles. The highest BCUT2D eigenvalue weighted by Crippen LogP contribution is 2.23. The van der Waals surface area contributed by atoms with Crippen LogP contribution in [0.3, 0.4) is 0 Å². The zero-order valence-electron chi connectivity index (χ0n) is 11.5. The summed E-state index contributed by atoms with van der Waals surface area (Å²) >= 11 is 6.19. The van der Waals surface area contributed by atoms with Gasteiger partial charge in [0, 0.05) is 24.5 Å². The molecule has 0 saturated carbocycles. The summed E-state index contributed by atoms with van der Waals surface area (Å²) in [5, 5.41) is 12.2. The fourth-order valence-corrected chi connectivity index (χ4v) is 2.78. The molecule has 5 heteroatoms. The number of benzene rings is 1. The van der Waals surface area contributed by atoms with E-state index in [1.165, 1.54) is 0 Å². The van der Waals surface area contributed by atoms with Gasteiger partial charge in [-0.25, -0.2) is 0 Å². The van der Waals surface area contributed by atoms with Gasteiger partial charge in [-0.3, -0.25) is 9.69 Å². The van der Waals surface area contributed by atoms with Crippen molar-refractivity contribution in [3.63, 3.8) is 0 Å². The molecule has 0 spiro atoms. The van der Waals surface area contributed by atoms with Crippen LogP contribution >= 0.6 is 11.6 Å². The highest BCUT2D eigenvalue weighted by atomic mass is 35.5. The first-order chi connectivity index (χ1) is 9.63. The lowest BCUT2D eigenvalue weighted by atomic mass is 9.95. The maximum absolute atomic E-state index is 11.6. The summed E-state index contributed by atoms with van der Waals surface area (Å²) in [7, 11) is 1.69. The third kappa shape index (κ3) is 3.50. The zero-order chi connectivity index (χ0) is 14.5. The highest BCUT2D eigenvalue weighted by Gasteiger charge is 2.24. The maximum Gasteiger partial charge on any atom is 0.222 e. The molecule has 1 amide bonds. The summed E-state index contributed by atoms with van der Waals surface area (Å²) in [6, 6.07) is 7.48. The van der Waals surface area contributed by atoms with Crippen LogP contribution in [0.5, 0.6) is 0 Å². The number of carbonyl (C=O) groups is 1. The van der Waals surface area contributed by atoms with Crippen molar-refractivity contribution < 1.29 is 4.79 Å². The van der Waals surface area contributed by atoms with Crippen LogP contribution in [-0.4, -0.2) is 30.9 Å². The summed E-state index contributed by atoms with van der Waals surface area (Å²) < 4.78 is 0. The summed E-state index contributed by atoms with van der Waals surface area (Å²) in [6.07, 6.45) is 1.77. The van der Waals surface area contributed by atoms with Crippen molar-refractivity contribution >= 4 is 17.5 Å². The predicted octanol–water partition coefficient (Wildman–Crippen LogP) is 2.17. The van der Waals surface area contributed by atoms with E-state index in [1.54, 1.807) is 19.2 Å². The second-order valence-corrected chi connectivity index (χ2v) is 5.49. The predicted molar refractivity (Wildman–Crippen MR) is 78.2 cm³/mol. The Morgan fingerprint density at radius 2 is 2.20 bits per heavy atom. The van der Waals surface area contributed by atoms with Gasteiger partial charge in [0.2, 0.25) is 5.91 Å². The van der Waals surface area contributed by atoms with E-state index in [9.17, 15) is 4.79 Å². The van der Waals surface area contributed by atoms with E-state index in [2.05, 4.69) is 16.3 Å². The standard InChI is InChI=1S/C15H18ClN3O/c1-18-15(20)12-4-6-19(7-5-12)10-13-3-2-11(9-17)8-14(13)16/h2-3,8,12H,4-7,10H2,1H3,(H,18,20). The van der Waals surface area contributed by atoms with Crippen LogP contribution in [0.4, 0.5) is 0 Å². The minimum atomic E-state index is 0.132. The number of amides is 1. The van der Waals surface area contributed by atoms with Crippen molar-refractivity contribution in [2.45, 2.75) is 19.4 Å². The molecule has 0 aromatic heterocycles. The number of halogens is 1. The monoisotopic (exact) mass is 291 g/mol. The molecule has 1 N–H and O–H groups in total. The second-order valence-electron chi connectivity index (χ2n) is 5.08. The van der Waals surface area contributed by atoms with Gasteiger partial charge >= 0.3 is 0 Å². The van der Waals surface area contributed by atoms with Crippen LogP contribution in [0.25, 0.3) is 0 Å². The molecule has 1 aromatic rings. The largest absolute Gasteiger partial charge is 0.359 e. The SMILES string of the molecule is CNC(=O)C1CCN(Cc2ccc(C#N)cc2Cl)CC1. The topological polar surface area (TPSA) is 56.1 Å². The fraction of sp³-hybridized carbons (Fsp3) is 0.467. The van der Waals surface area contributed by atoms with Crippen LogP contribution in [0.2, 0.25) is 5.02 Å². The van der Waals surface area contributed by atoms with Gasteiger partial charge in [-0.1, -0.05) is 17.7 Å². The minimum absolute atomic E-state index is 0.132. The maximum atomic E-state index is 11.6. The third-order valence-corrected chi connectivity index (χ3v) is 4.13. The number of nitriles is 1. The Morgan fingerprint density at radius 1 is 1.50 bits per heavy atom. The quantitative estimate of drug-likeness (QED) is 0.928. The van der Waals surface area contributed by atoms with Crippen LogP contribution in [0, 0.1) is 17.2 Å². The Balaban J connectivity index is 1.93. The molecule has 4 nitrogen and oxygen atoms in total. The Hall–Kier alpha value is -1.57. The van der Waals surface area contributed by atoms with Gasteiger partial charge in [-0.05, 0) is 43.6 Å². The van der Waals surface area contributed by atoms with Crippen molar-refractivity contribution in [2.75, 3.05) is 20.1 Å². The lowest BCUT2D eigenvalue weighted by Crippen LogP contribution is -2.39. The lowest BCUT2D eigenvalue weighted by Gasteiger charge is -2.31. The number of hydrogen-bond donors (Lipinski definition) is 1. The number of carbonyl (C=O) groups excluding carboxylic acids is 1. The summed E-state index contributed by atoms with van der Waals surface area (Å²) in [5.41, 5.74) is 1.61. The van der Waals surface area contributed by atoms with Crippen LogP contribution in [-0.2, 0) is 11.3 Å². The number of hydrogen-bond acceptors (Lipinski definition) is 3. The van der Waals surface area contributed by atoms with Gasteiger partial charge in [0.05, 0.1) is 11.6 Å². The highest BCUT2D eigenvalue weighted by molar-refractivity contribution is 6.31. The van der Waals surface area contributed by atoms with E-state index >= 15 is 0 Å². The average molecular weight is 292 g/mol. The molecule has 1 saturated heterocycles. The van der Waals surface area contributed by atoms with Crippen molar-refractivity contribution in [3.8, 4) is 6.07 Å².